The maximum atomic E-state index is 11.4. The van der Waals surface area contributed by atoms with E-state index >= 15 is 0 Å². The van der Waals surface area contributed by atoms with Crippen LogP contribution in [0, 0.1) is 0 Å². The van der Waals surface area contributed by atoms with E-state index in [2.05, 4.69) is 0 Å². The number of nitrogens with zero attached hydrogens (tertiary/aromatic N) is 3. The zero-order valence-electron chi connectivity index (χ0n) is 20.0. The van der Waals surface area contributed by atoms with E-state index in [0.717, 1.165) is 4.90 Å². The first kappa shape index (κ1) is 53.3. The van der Waals surface area contributed by atoms with Gasteiger partial charge in [-0.15, -0.1) is 0 Å². The molecule has 0 amide bonds. The molecule has 0 atom stereocenters. The molecule has 0 aliphatic heterocycles. The van der Waals surface area contributed by atoms with Crippen molar-refractivity contribution in [2.24, 2.45) is 0 Å². The van der Waals surface area contributed by atoms with Gasteiger partial charge >= 0.3 is 38.0 Å². The van der Waals surface area contributed by atoms with Crippen molar-refractivity contribution in [3.05, 3.63) is 0 Å². The van der Waals surface area contributed by atoms with Crippen molar-refractivity contribution < 1.29 is 169 Å². The third-order valence-corrected chi connectivity index (χ3v) is 7.23. The normalized spacial score (nSPS) is 12.7. The van der Waals surface area contributed by atoms with Crippen molar-refractivity contribution in [2.45, 2.75) is 0 Å². The molecule has 0 unspecified atom stereocenters. The second-order valence-electron chi connectivity index (χ2n) is 6.94. The number of hydrogen-bond donors (Lipinski definition) is 10. The van der Waals surface area contributed by atoms with Gasteiger partial charge in [0.15, 0.2) is 0 Å². The standard InChI is InChI=1S/C9H28N3O15P5.5Zn/c13-28(14,15)5-10(1-3-11(6-29(16,17)18)7-30(19,20)21)2-4-12(8-31(22,23)24)9-32(25,26)27;;;;;/h1-9H2,(H2,13,14,15)(H2,16,17,18)(H2,19,20,21)(H2,22,23,24)(H2,25,26,27);;;;;. The molecule has 0 bridgehead atoms. The smallest absolute Gasteiger partial charge is 0.324 e. The van der Waals surface area contributed by atoms with Gasteiger partial charge in [-0.2, -0.15) is 0 Å². The average Bonchev–Trinajstić information content (AvgIpc) is 2.41. The maximum Gasteiger partial charge on any atom is 0.339 e. The van der Waals surface area contributed by atoms with E-state index < -0.39 is 95.6 Å². The van der Waals surface area contributed by atoms with Gasteiger partial charge in [-0.25, -0.2) is 0 Å². The van der Waals surface area contributed by atoms with Crippen molar-refractivity contribution in [1.29, 1.82) is 0 Å². The van der Waals surface area contributed by atoms with Gasteiger partial charge in [0.05, 0.1) is 0 Å². The largest absolute Gasteiger partial charge is 0.339 e. The predicted molar refractivity (Wildman–Crippen MR) is 110 cm³/mol. The van der Waals surface area contributed by atoms with Crippen LogP contribution in [0.5, 0.6) is 0 Å². The quantitative estimate of drug-likeness (QED) is 0.0569. The van der Waals surface area contributed by atoms with Crippen molar-refractivity contribution in [2.75, 3.05) is 57.6 Å². The van der Waals surface area contributed by atoms with Gasteiger partial charge in [0.25, 0.3) is 0 Å². The molecule has 0 rings (SSSR count). The fourth-order valence-corrected chi connectivity index (χ4v) is 6.66. The van der Waals surface area contributed by atoms with Crippen LogP contribution in [-0.4, -0.2) is 121 Å². The summed E-state index contributed by atoms with van der Waals surface area (Å²) in [6.45, 7) is -1.78. The van der Waals surface area contributed by atoms with Crippen LogP contribution >= 0.6 is 38.0 Å². The zero-order valence-corrected chi connectivity index (χ0v) is 39.3. The van der Waals surface area contributed by atoms with Crippen LogP contribution in [0.4, 0.5) is 0 Å². The Hall–Kier alpha value is 3.75. The Labute approximate surface area is 277 Å². The third kappa shape index (κ3) is 37.7. The average molecular weight is 900 g/mol. The fourth-order valence-electron chi connectivity index (χ4n) is 2.49. The zero-order chi connectivity index (χ0) is 25.6. The topological polar surface area (TPSA) is 297 Å². The van der Waals surface area contributed by atoms with Crippen molar-refractivity contribution in [1.82, 2.24) is 14.7 Å². The van der Waals surface area contributed by atoms with Crippen LogP contribution in [-0.2, 0) is 120 Å². The van der Waals surface area contributed by atoms with Crippen LogP contribution in [0.25, 0.3) is 0 Å². The summed E-state index contributed by atoms with van der Waals surface area (Å²) in [4.78, 5) is 93.2. The van der Waals surface area contributed by atoms with Crippen molar-refractivity contribution in [3.63, 3.8) is 0 Å². The molecule has 28 heteroatoms. The second kappa shape index (κ2) is 22.3. The maximum absolute atomic E-state index is 11.4. The fraction of sp³-hybridized carbons (Fsp3) is 1.00. The summed E-state index contributed by atoms with van der Waals surface area (Å²) in [7, 11) is -23.8. The van der Waals surface area contributed by atoms with Gasteiger partial charge in [-0.3, -0.25) is 37.5 Å². The monoisotopic (exact) mass is 893 g/mol. The van der Waals surface area contributed by atoms with Gasteiger partial charge in [0.2, 0.25) is 0 Å². The van der Waals surface area contributed by atoms with Crippen LogP contribution in [0.2, 0.25) is 0 Å². The Balaban J connectivity index is -0.000000480. The van der Waals surface area contributed by atoms with E-state index in [9.17, 15) is 32.6 Å². The van der Waals surface area contributed by atoms with Gasteiger partial charge in [0, 0.05) is 124 Å². The van der Waals surface area contributed by atoms with Crippen LogP contribution in [0.15, 0.2) is 0 Å². The molecule has 0 saturated carbocycles. The molecule has 0 fully saturated rings. The third-order valence-electron chi connectivity index (χ3n) is 3.39. The molecular weight excluding hydrogens is 872 g/mol. The van der Waals surface area contributed by atoms with Crippen molar-refractivity contribution in [3.8, 4) is 0 Å². The molecule has 0 aromatic heterocycles. The van der Waals surface area contributed by atoms with E-state index in [1.54, 1.807) is 0 Å². The number of hydrogen-bond acceptors (Lipinski definition) is 8. The second-order valence-corrected chi connectivity index (χ2v) is 15.0. The minimum Gasteiger partial charge on any atom is -0.324 e. The summed E-state index contributed by atoms with van der Waals surface area (Å²) < 4.78 is 56.1. The molecule has 0 aromatic carbocycles. The molecule has 204 valence electrons. The van der Waals surface area contributed by atoms with E-state index in [1.165, 1.54) is 0 Å². The Morgan fingerprint density at radius 2 is 0.459 bits per heavy atom. The molecule has 0 spiro atoms. The van der Waals surface area contributed by atoms with Crippen LogP contribution < -0.4 is 0 Å². The Kier molecular flexibility index (Phi) is 32.1. The molecular formula is C9H28N3O15P5Zn5. The summed E-state index contributed by atoms with van der Waals surface area (Å²) in [5.41, 5.74) is 0. The van der Waals surface area contributed by atoms with E-state index in [4.69, 9.17) is 39.1 Å². The molecule has 0 aliphatic rings. The molecule has 37 heavy (non-hydrogen) atoms. The van der Waals surface area contributed by atoms with E-state index in [0.29, 0.717) is 9.80 Å². The SMILES string of the molecule is O=P(O)(O)CN(CCN(CP(=O)(O)O)CP(=O)(O)O)CCN(CP(=O)(O)O)CP(=O)(O)O.[Zn].[Zn].[Zn].[Zn].[Zn]. The number of rotatable bonds is 16. The molecule has 0 radical (unpaired) electrons. The predicted octanol–water partition coefficient (Wildman–Crippen LogP) is -2.44. The van der Waals surface area contributed by atoms with Gasteiger partial charge in [0.1, 0.15) is 31.4 Å². The van der Waals surface area contributed by atoms with Crippen molar-refractivity contribution >= 4 is 38.0 Å². The molecule has 0 aromatic rings. The summed E-state index contributed by atoms with van der Waals surface area (Å²) in [5.74, 6) is 0. The Morgan fingerprint density at radius 3 is 0.622 bits per heavy atom. The molecule has 0 saturated heterocycles. The minimum atomic E-state index is -4.76. The first-order valence-corrected chi connectivity index (χ1v) is 17.3. The minimum absolute atomic E-state index is 0. The molecule has 18 nitrogen and oxygen atoms in total. The Bertz CT molecular complexity index is 742. The van der Waals surface area contributed by atoms with Gasteiger partial charge in [-0.05, 0) is 0 Å². The summed E-state index contributed by atoms with van der Waals surface area (Å²) in [6.07, 6.45) is -5.21. The Morgan fingerprint density at radius 1 is 0.324 bits per heavy atom. The summed E-state index contributed by atoms with van der Waals surface area (Å²) in [6, 6.07) is 0. The summed E-state index contributed by atoms with van der Waals surface area (Å²) in [5, 5.41) is 0. The molecule has 0 aliphatic carbocycles. The van der Waals surface area contributed by atoms with Gasteiger partial charge < -0.3 is 48.9 Å². The first-order valence-electron chi connectivity index (χ1n) is 8.34. The first-order chi connectivity index (χ1) is 13.9. The van der Waals surface area contributed by atoms with Crippen LogP contribution in [0.3, 0.4) is 0 Å². The molecule has 0 heterocycles. The van der Waals surface area contributed by atoms with Crippen LogP contribution in [0.1, 0.15) is 0 Å². The van der Waals surface area contributed by atoms with Gasteiger partial charge in [-0.1, -0.05) is 0 Å². The van der Waals surface area contributed by atoms with E-state index in [-0.39, 0.29) is 97.4 Å². The van der Waals surface area contributed by atoms with E-state index in [1.807, 2.05) is 0 Å². The summed E-state index contributed by atoms with van der Waals surface area (Å²) >= 11 is 0. The molecule has 10 N–H and O–H groups in total.